The minimum atomic E-state index is -1.56. The summed E-state index contributed by atoms with van der Waals surface area (Å²) in [6, 6.07) is 10.5. The highest BCUT2D eigenvalue weighted by Gasteiger charge is 2.30. The predicted octanol–water partition coefficient (Wildman–Crippen LogP) is 2.26. The summed E-state index contributed by atoms with van der Waals surface area (Å²) in [5.74, 6) is -1.39. The van der Waals surface area contributed by atoms with Crippen molar-refractivity contribution in [3.8, 4) is 0 Å². The minimum absolute atomic E-state index is 0.00501. The molecule has 2 aromatic rings. The van der Waals surface area contributed by atoms with Gasteiger partial charge in [0, 0.05) is 11.8 Å². The Balaban J connectivity index is 1.98. The summed E-state index contributed by atoms with van der Waals surface area (Å²) < 4.78 is 5.51. The van der Waals surface area contributed by atoms with Crippen LogP contribution in [0.2, 0.25) is 0 Å². The Kier molecular flexibility index (Phi) is 6.28. The number of aliphatic hydroxyl groups excluding tert-OH is 1. The second-order valence-corrected chi connectivity index (χ2v) is 5.69. The quantitative estimate of drug-likeness (QED) is 0.648. The Morgan fingerprint density at radius 2 is 1.92 bits per heavy atom. The largest absolute Gasteiger partial charge is 0.480 e. The molecule has 0 fully saturated rings. The van der Waals surface area contributed by atoms with Crippen LogP contribution in [-0.4, -0.2) is 33.3 Å². The summed E-state index contributed by atoms with van der Waals surface area (Å²) in [4.78, 5) is 27.0. The average Bonchev–Trinajstić information content (AvgIpc) is 2.58. The number of pyridine rings is 1. The van der Waals surface area contributed by atoms with Crippen molar-refractivity contribution >= 4 is 28.0 Å². The number of carbonyl (C=O) groups is 2. The van der Waals surface area contributed by atoms with Crippen LogP contribution in [0.25, 0.3) is 0 Å². The smallest absolute Gasteiger partial charge is 0.408 e. The molecule has 2 rings (SSSR count). The maximum absolute atomic E-state index is 11.8. The number of hydrogen-bond acceptors (Lipinski definition) is 5. The Bertz CT molecular complexity index is 693. The van der Waals surface area contributed by atoms with Gasteiger partial charge >= 0.3 is 12.1 Å². The van der Waals surface area contributed by atoms with Gasteiger partial charge in [0.1, 0.15) is 17.3 Å². The van der Waals surface area contributed by atoms with E-state index in [1.54, 1.807) is 30.3 Å². The number of rotatable bonds is 6. The van der Waals surface area contributed by atoms with Gasteiger partial charge in [-0.3, -0.25) is 0 Å². The van der Waals surface area contributed by atoms with Crippen molar-refractivity contribution in [1.29, 1.82) is 0 Å². The highest BCUT2D eigenvalue weighted by Crippen LogP contribution is 2.18. The van der Waals surface area contributed by atoms with E-state index in [-0.39, 0.29) is 12.2 Å². The maximum Gasteiger partial charge on any atom is 0.408 e. The first-order valence-corrected chi connectivity index (χ1v) is 7.76. The van der Waals surface area contributed by atoms with Crippen molar-refractivity contribution < 1.29 is 24.5 Å². The molecule has 1 amide bonds. The number of benzene rings is 1. The highest BCUT2D eigenvalue weighted by molar-refractivity contribution is 9.10. The van der Waals surface area contributed by atoms with Gasteiger partial charge in [0.15, 0.2) is 6.04 Å². The average molecular weight is 395 g/mol. The number of aliphatic hydroxyl groups is 1. The van der Waals surface area contributed by atoms with Crippen molar-refractivity contribution in [2.45, 2.75) is 18.8 Å². The molecule has 1 aromatic carbocycles. The fourth-order valence-corrected chi connectivity index (χ4v) is 2.16. The van der Waals surface area contributed by atoms with Crippen LogP contribution in [-0.2, 0) is 16.1 Å². The van der Waals surface area contributed by atoms with E-state index < -0.39 is 24.2 Å². The summed E-state index contributed by atoms with van der Waals surface area (Å²) in [7, 11) is 0. The molecule has 0 bridgehead atoms. The van der Waals surface area contributed by atoms with Gasteiger partial charge in [-0.15, -0.1) is 0 Å². The first-order chi connectivity index (χ1) is 11.5. The number of carboxylic acids is 1. The second kappa shape index (κ2) is 8.42. The number of halogens is 1. The zero-order valence-corrected chi connectivity index (χ0v) is 14.0. The normalized spacial score (nSPS) is 12.9. The topological polar surface area (TPSA) is 109 Å². The zero-order chi connectivity index (χ0) is 17.5. The molecular formula is C16H15BrN2O5. The van der Waals surface area contributed by atoms with Crippen molar-refractivity contribution in [3.63, 3.8) is 0 Å². The molecule has 0 aliphatic rings. The number of amides is 1. The number of ether oxygens (including phenoxy) is 1. The summed E-state index contributed by atoms with van der Waals surface area (Å²) in [6.45, 7) is -0.00501. The molecule has 2 atom stereocenters. The SMILES string of the molecule is O=C(N[C@@H](C(=O)O)[C@@H](O)c1ccc(Br)nc1)OCc1ccccc1. The number of hydrogen-bond donors (Lipinski definition) is 3. The van der Waals surface area contributed by atoms with Gasteiger partial charge in [-0.25, -0.2) is 14.6 Å². The third-order valence-electron chi connectivity index (χ3n) is 3.16. The lowest BCUT2D eigenvalue weighted by Gasteiger charge is -2.20. The van der Waals surface area contributed by atoms with Crippen LogP contribution < -0.4 is 5.32 Å². The third kappa shape index (κ3) is 5.04. The number of carbonyl (C=O) groups excluding carboxylic acids is 1. The van der Waals surface area contributed by atoms with Gasteiger partial charge in [-0.05, 0) is 27.6 Å². The van der Waals surface area contributed by atoms with Crippen LogP contribution >= 0.6 is 15.9 Å². The summed E-state index contributed by atoms with van der Waals surface area (Å²) in [6.07, 6.45) is -1.08. The van der Waals surface area contributed by atoms with Gasteiger partial charge < -0.3 is 20.3 Å². The molecule has 1 heterocycles. The molecule has 0 saturated carbocycles. The van der Waals surface area contributed by atoms with Crippen LogP contribution in [0.3, 0.4) is 0 Å². The van der Waals surface area contributed by atoms with Crippen molar-refractivity contribution in [2.24, 2.45) is 0 Å². The molecule has 0 aliphatic carbocycles. The van der Waals surface area contributed by atoms with Crippen LogP contribution in [0.15, 0.2) is 53.3 Å². The van der Waals surface area contributed by atoms with E-state index in [2.05, 4.69) is 26.2 Å². The summed E-state index contributed by atoms with van der Waals surface area (Å²) in [5.41, 5.74) is 1.02. The van der Waals surface area contributed by atoms with Crippen LogP contribution in [0.4, 0.5) is 4.79 Å². The first-order valence-electron chi connectivity index (χ1n) is 6.97. The minimum Gasteiger partial charge on any atom is -0.480 e. The van der Waals surface area contributed by atoms with E-state index in [0.29, 0.717) is 4.60 Å². The van der Waals surface area contributed by atoms with Gasteiger partial charge in [0.05, 0.1) is 0 Å². The molecule has 0 spiro atoms. The van der Waals surface area contributed by atoms with Crippen molar-refractivity contribution in [2.75, 3.05) is 0 Å². The molecule has 0 aliphatic heterocycles. The molecule has 0 radical (unpaired) electrons. The second-order valence-electron chi connectivity index (χ2n) is 4.88. The number of aliphatic carboxylic acids is 1. The molecule has 1 aromatic heterocycles. The first kappa shape index (κ1) is 17.9. The van der Waals surface area contributed by atoms with E-state index in [1.165, 1.54) is 12.3 Å². The van der Waals surface area contributed by atoms with E-state index in [9.17, 15) is 19.8 Å². The van der Waals surface area contributed by atoms with Crippen molar-refractivity contribution in [3.05, 3.63) is 64.4 Å². The van der Waals surface area contributed by atoms with Crippen LogP contribution in [0, 0.1) is 0 Å². The summed E-state index contributed by atoms with van der Waals surface area (Å²) in [5, 5.41) is 21.6. The monoisotopic (exact) mass is 394 g/mol. The molecule has 126 valence electrons. The molecule has 24 heavy (non-hydrogen) atoms. The lowest BCUT2D eigenvalue weighted by molar-refractivity contribution is -0.142. The van der Waals surface area contributed by atoms with E-state index >= 15 is 0 Å². The highest BCUT2D eigenvalue weighted by atomic mass is 79.9. The van der Waals surface area contributed by atoms with Gasteiger partial charge in [-0.1, -0.05) is 36.4 Å². The summed E-state index contributed by atoms with van der Waals surface area (Å²) >= 11 is 3.14. The van der Waals surface area contributed by atoms with Gasteiger partial charge in [0.2, 0.25) is 0 Å². The standard InChI is InChI=1S/C16H15BrN2O5/c17-12-7-6-11(8-18-12)14(20)13(15(21)22)19-16(23)24-9-10-4-2-1-3-5-10/h1-8,13-14,20H,9H2,(H,19,23)(H,21,22)/t13-,14+/m1/s1. The Morgan fingerprint density at radius 1 is 1.21 bits per heavy atom. The van der Waals surface area contributed by atoms with E-state index in [0.717, 1.165) is 5.56 Å². The Labute approximate surface area is 146 Å². The van der Waals surface area contributed by atoms with E-state index in [1.807, 2.05) is 6.07 Å². The molecule has 3 N–H and O–H groups in total. The van der Waals surface area contributed by atoms with E-state index in [4.69, 9.17) is 4.74 Å². The maximum atomic E-state index is 11.8. The molecular weight excluding hydrogens is 380 g/mol. The molecule has 8 heteroatoms. The van der Waals surface area contributed by atoms with Crippen LogP contribution in [0.5, 0.6) is 0 Å². The Morgan fingerprint density at radius 3 is 2.50 bits per heavy atom. The van der Waals surface area contributed by atoms with Gasteiger partial charge in [-0.2, -0.15) is 0 Å². The number of nitrogens with one attached hydrogen (secondary N) is 1. The zero-order valence-electron chi connectivity index (χ0n) is 12.4. The lowest BCUT2D eigenvalue weighted by Crippen LogP contribution is -2.45. The molecule has 7 nitrogen and oxygen atoms in total. The predicted molar refractivity (Wildman–Crippen MR) is 88.1 cm³/mol. The Hall–Kier alpha value is -2.45. The fourth-order valence-electron chi connectivity index (χ4n) is 1.92. The van der Waals surface area contributed by atoms with Crippen LogP contribution in [0.1, 0.15) is 17.2 Å². The lowest BCUT2D eigenvalue weighted by atomic mass is 10.0. The third-order valence-corrected chi connectivity index (χ3v) is 3.63. The fraction of sp³-hybridized carbons (Fsp3) is 0.188. The number of nitrogens with zero attached hydrogens (tertiary/aromatic N) is 1. The number of carboxylic acid groups (broad SMARTS) is 1. The number of aromatic nitrogens is 1. The van der Waals surface area contributed by atoms with Gasteiger partial charge in [0.25, 0.3) is 0 Å². The molecule has 0 unspecified atom stereocenters. The number of alkyl carbamates (subject to hydrolysis) is 1. The van der Waals surface area contributed by atoms with Crippen molar-refractivity contribution in [1.82, 2.24) is 10.3 Å². The molecule has 0 saturated heterocycles.